The Balaban J connectivity index is 1.89. The van der Waals surface area contributed by atoms with Crippen molar-refractivity contribution in [3.63, 3.8) is 0 Å². The van der Waals surface area contributed by atoms with E-state index < -0.39 is 11.7 Å². The summed E-state index contributed by atoms with van der Waals surface area (Å²) in [4.78, 5) is 12.2. The molecule has 0 amide bonds. The van der Waals surface area contributed by atoms with Crippen molar-refractivity contribution >= 4 is 11.9 Å². The minimum atomic E-state index is -4.46. The lowest BCUT2D eigenvalue weighted by Gasteiger charge is -2.14. The SMILES string of the molecule is Nc1nc(NCc2ccccc2C(F)(F)F)nc(-c2ccccc2CO)n1. The predicted octanol–water partition coefficient (Wildman–Crippen LogP) is 3.24. The number of nitrogen functional groups attached to an aromatic ring is 1. The first-order valence-corrected chi connectivity index (χ1v) is 7.98. The maximum absolute atomic E-state index is 13.1. The van der Waals surface area contributed by atoms with Crippen LogP contribution in [0.3, 0.4) is 0 Å². The molecule has 0 unspecified atom stereocenters. The highest BCUT2D eigenvalue weighted by Crippen LogP contribution is 2.32. The summed E-state index contributed by atoms with van der Waals surface area (Å²) in [7, 11) is 0. The van der Waals surface area contributed by atoms with Crippen molar-refractivity contribution in [2.45, 2.75) is 19.3 Å². The van der Waals surface area contributed by atoms with Gasteiger partial charge >= 0.3 is 6.18 Å². The molecular weight excluding hydrogens is 359 g/mol. The van der Waals surface area contributed by atoms with Crippen LogP contribution >= 0.6 is 0 Å². The van der Waals surface area contributed by atoms with E-state index in [0.717, 1.165) is 6.07 Å². The average Bonchev–Trinajstić information content (AvgIpc) is 2.65. The third kappa shape index (κ3) is 4.32. The largest absolute Gasteiger partial charge is 0.416 e. The van der Waals surface area contributed by atoms with E-state index >= 15 is 0 Å². The molecule has 4 N–H and O–H groups in total. The van der Waals surface area contributed by atoms with E-state index in [1.54, 1.807) is 24.3 Å². The van der Waals surface area contributed by atoms with Gasteiger partial charge in [-0.15, -0.1) is 0 Å². The number of alkyl halides is 3. The summed E-state index contributed by atoms with van der Waals surface area (Å²) in [6.07, 6.45) is -4.46. The summed E-state index contributed by atoms with van der Waals surface area (Å²) in [5.74, 6) is 0.181. The molecule has 0 saturated heterocycles. The molecule has 0 bridgehead atoms. The molecule has 0 radical (unpaired) electrons. The molecular formula is C18H16F3N5O. The Kier molecular flexibility index (Phi) is 5.22. The van der Waals surface area contributed by atoms with Crippen LogP contribution in [0, 0.1) is 0 Å². The number of halogens is 3. The number of aliphatic hydroxyl groups is 1. The van der Waals surface area contributed by atoms with E-state index in [1.165, 1.54) is 18.2 Å². The number of aliphatic hydroxyl groups excluding tert-OH is 1. The number of hydrogen-bond acceptors (Lipinski definition) is 6. The maximum atomic E-state index is 13.1. The van der Waals surface area contributed by atoms with E-state index in [1.807, 2.05) is 0 Å². The van der Waals surface area contributed by atoms with Gasteiger partial charge in [0.15, 0.2) is 5.82 Å². The Morgan fingerprint density at radius 2 is 1.59 bits per heavy atom. The Morgan fingerprint density at radius 3 is 2.30 bits per heavy atom. The third-order valence-electron chi connectivity index (χ3n) is 3.84. The molecule has 1 heterocycles. The molecule has 0 aliphatic carbocycles. The fraction of sp³-hybridized carbons (Fsp3) is 0.167. The highest BCUT2D eigenvalue weighted by atomic mass is 19.4. The maximum Gasteiger partial charge on any atom is 0.416 e. The number of anilines is 2. The van der Waals surface area contributed by atoms with Crippen LogP contribution in [0.2, 0.25) is 0 Å². The van der Waals surface area contributed by atoms with Crippen molar-refractivity contribution in [1.82, 2.24) is 15.0 Å². The van der Waals surface area contributed by atoms with Crippen LogP contribution in [0.4, 0.5) is 25.1 Å². The molecule has 2 aromatic carbocycles. The first-order valence-electron chi connectivity index (χ1n) is 7.98. The van der Waals surface area contributed by atoms with E-state index in [0.29, 0.717) is 11.1 Å². The standard InChI is InChI=1S/C18H16F3N5O/c19-18(20,21)14-8-4-2-5-11(14)9-23-17-25-15(24-16(22)26-17)13-7-3-1-6-12(13)10-27/h1-8,27H,9-10H2,(H3,22,23,24,25,26). The molecule has 0 saturated carbocycles. The average molecular weight is 375 g/mol. The Labute approximate surface area is 152 Å². The van der Waals surface area contributed by atoms with Crippen molar-refractivity contribution in [2.24, 2.45) is 0 Å². The van der Waals surface area contributed by atoms with Gasteiger partial charge in [-0.3, -0.25) is 0 Å². The first-order chi connectivity index (χ1) is 12.9. The Bertz CT molecular complexity index is 946. The van der Waals surface area contributed by atoms with Crippen LogP contribution in [-0.4, -0.2) is 20.1 Å². The van der Waals surface area contributed by atoms with Crippen LogP contribution in [0.5, 0.6) is 0 Å². The molecule has 3 aromatic rings. The predicted molar refractivity (Wildman–Crippen MR) is 94.4 cm³/mol. The lowest BCUT2D eigenvalue weighted by atomic mass is 10.1. The second-order valence-corrected chi connectivity index (χ2v) is 5.66. The normalized spacial score (nSPS) is 11.4. The smallest absolute Gasteiger partial charge is 0.392 e. The van der Waals surface area contributed by atoms with Gasteiger partial charge in [-0.25, -0.2) is 0 Å². The van der Waals surface area contributed by atoms with E-state index in [2.05, 4.69) is 20.3 Å². The number of nitrogens with one attached hydrogen (secondary N) is 1. The summed E-state index contributed by atoms with van der Waals surface area (Å²) < 4.78 is 39.3. The van der Waals surface area contributed by atoms with Crippen LogP contribution in [0.25, 0.3) is 11.4 Å². The molecule has 140 valence electrons. The van der Waals surface area contributed by atoms with Crippen LogP contribution in [-0.2, 0) is 19.3 Å². The molecule has 1 aromatic heterocycles. The van der Waals surface area contributed by atoms with Crippen molar-refractivity contribution in [2.75, 3.05) is 11.1 Å². The molecule has 0 aliphatic heterocycles. The molecule has 9 heteroatoms. The van der Waals surface area contributed by atoms with E-state index in [-0.39, 0.29) is 36.4 Å². The number of benzene rings is 2. The molecule has 3 rings (SSSR count). The molecule has 6 nitrogen and oxygen atoms in total. The highest BCUT2D eigenvalue weighted by Gasteiger charge is 2.32. The monoisotopic (exact) mass is 375 g/mol. The van der Waals surface area contributed by atoms with Gasteiger partial charge in [0.05, 0.1) is 12.2 Å². The molecule has 0 spiro atoms. The minimum Gasteiger partial charge on any atom is -0.392 e. The zero-order valence-electron chi connectivity index (χ0n) is 14.0. The molecule has 0 atom stereocenters. The second kappa shape index (κ2) is 7.58. The lowest BCUT2D eigenvalue weighted by molar-refractivity contribution is -0.138. The van der Waals surface area contributed by atoms with Gasteiger partial charge in [-0.2, -0.15) is 28.1 Å². The van der Waals surface area contributed by atoms with Crippen LogP contribution < -0.4 is 11.1 Å². The van der Waals surface area contributed by atoms with Gasteiger partial charge in [0.2, 0.25) is 11.9 Å². The number of hydrogen-bond donors (Lipinski definition) is 3. The second-order valence-electron chi connectivity index (χ2n) is 5.66. The number of nitrogens with zero attached hydrogens (tertiary/aromatic N) is 3. The van der Waals surface area contributed by atoms with E-state index in [9.17, 15) is 18.3 Å². The van der Waals surface area contributed by atoms with Crippen molar-refractivity contribution in [3.8, 4) is 11.4 Å². The molecule has 0 aliphatic rings. The molecule has 27 heavy (non-hydrogen) atoms. The fourth-order valence-corrected chi connectivity index (χ4v) is 2.59. The topological polar surface area (TPSA) is 97.0 Å². The Hall–Kier alpha value is -3.20. The minimum absolute atomic E-state index is 0.0437. The zero-order valence-corrected chi connectivity index (χ0v) is 14.0. The van der Waals surface area contributed by atoms with Gasteiger partial charge in [-0.05, 0) is 17.2 Å². The third-order valence-corrected chi connectivity index (χ3v) is 3.84. The van der Waals surface area contributed by atoms with Gasteiger partial charge in [-0.1, -0.05) is 42.5 Å². The van der Waals surface area contributed by atoms with Gasteiger partial charge in [0.1, 0.15) is 0 Å². The zero-order chi connectivity index (χ0) is 19.4. The number of nitrogens with two attached hydrogens (primary N) is 1. The van der Waals surface area contributed by atoms with Crippen molar-refractivity contribution < 1.29 is 18.3 Å². The fourth-order valence-electron chi connectivity index (χ4n) is 2.59. The summed E-state index contributed by atoms with van der Waals surface area (Å²) in [6.45, 7) is -0.357. The number of aromatic nitrogens is 3. The molecule has 0 fully saturated rings. The first kappa shape index (κ1) is 18.6. The van der Waals surface area contributed by atoms with Gasteiger partial charge in [0.25, 0.3) is 0 Å². The van der Waals surface area contributed by atoms with Crippen LogP contribution in [0.15, 0.2) is 48.5 Å². The summed E-state index contributed by atoms with van der Waals surface area (Å²) in [5, 5.41) is 12.2. The van der Waals surface area contributed by atoms with Crippen molar-refractivity contribution in [1.29, 1.82) is 0 Å². The van der Waals surface area contributed by atoms with E-state index in [4.69, 9.17) is 5.73 Å². The van der Waals surface area contributed by atoms with Gasteiger partial charge in [0, 0.05) is 12.1 Å². The lowest BCUT2D eigenvalue weighted by Crippen LogP contribution is -2.13. The van der Waals surface area contributed by atoms with Crippen molar-refractivity contribution in [3.05, 3.63) is 65.2 Å². The summed E-state index contributed by atoms with van der Waals surface area (Å²) in [5.41, 5.74) is 6.19. The van der Waals surface area contributed by atoms with Crippen LogP contribution in [0.1, 0.15) is 16.7 Å². The summed E-state index contributed by atoms with van der Waals surface area (Å²) in [6, 6.07) is 12.2. The highest BCUT2D eigenvalue weighted by molar-refractivity contribution is 5.62. The number of rotatable bonds is 5. The Morgan fingerprint density at radius 1 is 0.926 bits per heavy atom. The van der Waals surface area contributed by atoms with Gasteiger partial charge < -0.3 is 16.2 Å². The summed E-state index contributed by atoms with van der Waals surface area (Å²) >= 11 is 0. The quantitative estimate of drug-likeness (QED) is 0.633.